The Balaban J connectivity index is 1.46. The molecule has 1 aromatic heterocycles. The zero-order chi connectivity index (χ0) is 18.1. The third-order valence-corrected chi connectivity index (χ3v) is 5.41. The Hall–Kier alpha value is -2.60. The summed E-state index contributed by atoms with van der Waals surface area (Å²) in [7, 11) is 0. The number of hydrogen-bond acceptors (Lipinski definition) is 5. The SMILES string of the molecule is Cc1ccc(-c2nnc(SC(C)C(=O)N3CCc4ccccc43)o2)cc1. The van der Waals surface area contributed by atoms with Crippen molar-refractivity contribution in [3.05, 3.63) is 59.7 Å². The maximum absolute atomic E-state index is 12.8. The quantitative estimate of drug-likeness (QED) is 0.651. The molecule has 0 bridgehead atoms. The first kappa shape index (κ1) is 16.8. The van der Waals surface area contributed by atoms with E-state index in [1.807, 2.05) is 61.2 Å². The van der Waals surface area contributed by atoms with Crippen LogP contribution in [-0.4, -0.2) is 27.9 Å². The van der Waals surface area contributed by atoms with Crippen LogP contribution in [0.2, 0.25) is 0 Å². The summed E-state index contributed by atoms with van der Waals surface area (Å²) in [5.41, 5.74) is 4.28. The topological polar surface area (TPSA) is 59.2 Å². The predicted molar refractivity (Wildman–Crippen MR) is 102 cm³/mol. The van der Waals surface area contributed by atoms with E-state index in [9.17, 15) is 4.79 Å². The van der Waals surface area contributed by atoms with Gasteiger partial charge in [-0.2, -0.15) is 0 Å². The van der Waals surface area contributed by atoms with Gasteiger partial charge in [-0.05, 0) is 44.0 Å². The van der Waals surface area contributed by atoms with E-state index in [1.54, 1.807) is 0 Å². The van der Waals surface area contributed by atoms with Crippen molar-refractivity contribution in [2.75, 3.05) is 11.4 Å². The summed E-state index contributed by atoms with van der Waals surface area (Å²) in [6.07, 6.45) is 0.900. The van der Waals surface area contributed by atoms with Crippen molar-refractivity contribution in [3.63, 3.8) is 0 Å². The fraction of sp³-hybridized carbons (Fsp3) is 0.250. The van der Waals surface area contributed by atoms with Gasteiger partial charge in [-0.25, -0.2) is 0 Å². The summed E-state index contributed by atoms with van der Waals surface area (Å²) in [4.78, 5) is 14.7. The van der Waals surface area contributed by atoms with Crippen molar-refractivity contribution in [1.82, 2.24) is 10.2 Å². The van der Waals surface area contributed by atoms with E-state index in [0.29, 0.717) is 11.1 Å². The lowest BCUT2D eigenvalue weighted by Crippen LogP contribution is -2.35. The predicted octanol–water partition coefficient (Wildman–Crippen LogP) is 4.11. The van der Waals surface area contributed by atoms with Crippen molar-refractivity contribution >= 4 is 23.4 Å². The maximum atomic E-state index is 12.8. The van der Waals surface area contributed by atoms with Gasteiger partial charge < -0.3 is 9.32 Å². The zero-order valence-electron chi connectivity index (χ0n) is 14.7. The molecule has 0 spiro atoms. The van der Waals surface area contributed by atoms with Crippen LogP contribution >= 0.6 is 11.8 Å². The number of hydrogen-bond donors (Lipinski definition) is 0. The molecule has 0 aliphatic carbocycles. The number of nitrogens with zero attached hydrogens (tertiary/aromatic N) is 3. The highest BCUT2D eigenvalue weighted by atomic mass is 32.2. The average Bonchev–Trinajstić information content (AvgIpc) is 3.29. The third-order valence-electron chi connectivity index (χ3n) is 4.48. The van der Waals surface area contributed by atoms with Gasteiger partial charge in [0, 0.05) is 17.8 Å². The molecule has 5 nitrogen and oxygen atoms in total. The van der Waals surface area contributed by atoms with Crippen LogP contribution < -0.4 is 4.90 Å². The second kappa shape index (κ2) is 6.96. The number of aryl methyl sites for hydroxylation is 1. The summed E-state index contributed by atoms with van der Waals surface area (Å²) in [5.74, 6) is 0.536. The minimum Gasteiger partial charge on any atom is -0.411 e. The fourth-order valence-corrected chi connectivity index (χ4v) is 3.80. The minimum absolute atomic E-state index is 0.0648. The molecule has 0 saturated heterocycles. The van der Waals surface area contributed by atoms with E-state index in [2.05, 4.69) is 16.3 Å². The number of amides is 1. The maximum Gasteiger partial charge on any atom is 0.277 e. The van der Waals surface area contributed by atoms with Crippen molar-refractivity contribution in [1.29, 1.82) is 0 Å². The van der Waals surface area contributed by atoms with E-state index in [0.717, 1.165) is 24.2 Å². The molecule has 26 heavy (non-hydrogen) atoms. The van der Waals surface area contributed by atoms with Gasteiger partial charge in [0.25, 0.3) is 5.22 Å². The van der Waals surface area contributed by atoms with Gasteiger partial charge >= 0.3 is 0 Å². The first-order chi connectivity index (χ1) is 12.6. The fourth-order valence-electron chi connectivity index (χ4n) is 3.06. The van der Waals surface area contributed by atoms with Crippen molar-refractivity contribution in [3.8, 4) is 11.5 Å². The molecule has 1 unspecified atom stereocenters. The monoisotopic (exact) mass is 365 g/mol. The average molecular weight is 365 g/mol. The van der Waals surface area contributed by atoms with Gasteiger partial charge in [0.05, 0.1) is 5.25 Å². The highest BCUT2D eigenvalue weighted by molar-refractivity contribution is 8.00. The smallest absolute Gasteiger partial charge is 0.277 e. The molecule has 1 aliphatic heterocycles. The van der Waals surface area contributed by atoms with Crippen LogP contribution in [-0.2, 0) is 11.2 Å². The molecular weight excluding hydrogens is 346 g/mol. The van der Waals surface area contributed by atoms with Crippen LogP contribution in [0.3, 0.4) is 0 Å². The Morgan fingerprint density at radius 2 is 1.92 bits per heavy atom. The van der Waals surface area contributed by atoms with E-state index in [-0.39, 0.29) is 11.2 Å². The number of aromatic nitrogens is 2. The summed E-state index contributed by atoms with van der Waals surface area (Å²) in [5, 5.41) is 8.30. The number of rotatable bonds is 4. The zero-order valence-corrected chi connectivity index (χ0v) is 15.5. The number of anilines is 1. The van der Waals surface area contributed by atoms with Crippen LogP contribution in [0.1, 0.15) is 18.1 Å². The Morgan fingerprint density at radius 3 is 2.73 bits per heavy atom. The molecular formula is C20H19N3O2S. The normalized spacial score (nSPS) is 14.3. The van der Waals surface area contributed by atoms with Gasteiger partial charge in [0.1, 0.15) is 0 Å². The molecule has 132 valence electrons. The van der Waals surface area contributed by atoms with Crippen LogP contribution in [0, 0.1) is 6.92 Å². The standard InChI is InChI=1S/C20H19N3O2S/c1-13-7-9-16(10-8-13)18-21-22-20(25-18)26-14(2)19(24)23-12-11-15-5-3-4-6-17(15)23/h3-10,14H,11-12H2,1-2H3. The van der Waals surface area contributed by atoms with E-state index in [4.69, 9.17) is 4.42 Å². The number of carbonyl (C=O) groups is 1. The lowest BCUT2D eigenvalue weighted by molar-refractivity contribution is -0.117. The number of thioether (sulfide) groups is 1. The van der Waals surface area contributed by atoms with Crippen LogP contribution in [0.25, 0.3) is 11.5 Å². The Bertz CT molecular complexity index is 936. The molecule has 0 N–H and O–H groups in total. The van der Waals surface area contributed by atoms with Crippen LogP contribution in [0.5, 0.6) is 0 Å². The molecule has 0 fully saturated rings. The Labute approximate surface area is 156 Å². The molecule has 0 saturated carbocycles. The van der Waals surface area contributed by atoms with Gasteiger partial charge in [-0.1, -0.05) is 47.7 Å². The highest BCUT2D eigenvalue weighted by Gasteiger charge is 2.29. The highest BCUT2D eigenvalue weighted by Crippen LogP contribution is 2.32. The summed E-state index contributed by atoms with van der Waals surface area (Å²) >= 11 is 1.30. The van der Waals surface area contributed by atoms with Gasteiger partial charge in [-0.15, -0.1) is 10.2 Å². The Morgan fingerprint density at radius 1 is 1.15 bits per heavy atom. The van der Waals surface area contributed by atoms with E-state index in [1.165, 1.54) is 22.9 Å². The summed E-state index contributed by atoms with van der Waals surface area (Å²) in [6.45, 7) is 4.63. The molecule has 2 heterocycles. The van der Waals surface area contributed by atoms with Crippen LogP contribution in [0.15, 0.2) is 58.2 Å². The molecule has 2 aromatic carbocycles. The second-order valence-corrected chi connectivity index (χ2v) is 7.66. The molecule has 1 atom stereocenters. The molecule has 6 heteroatoms. The van der Waals surface area contributed by atoms with Gasteiger partial charge in [-0.3, -0.25) is 4.79 Å². The second-order valence-electron chi connectivity index (χ2n) is 6.37. The number of benzene rings is 2. The van der Waals surface area contributed by atoms with Crippen LogP contribution in [0.4, 0.5) is 5.69 Å². The Kier molecular flexibility index (Phi) is 4.51. The minimum atomic E-state index is -0.299. The van der Waals surface area contributed by atoms with Crippen molar-refractivity contribution in [2.45, 2.75) is 30.7 Å². The van der Waals surface area contributed by atoms with E-state index >= 15 is 0 Å². The lowest BCUT2D eigenvalue weighted by Gasteiger charge is -2.20. The van der Waals surface area contributed by atoms with Gasteiger partial charge in [0.15, 0.2) is 0 Å². The number of carbonyl (C=O) groups excluding carboxylic acids is 1. The van der Waals surface area contributed by atoms with Crippen molar-refractivity contribution in [2.24, 2.45) is 0 Å². The first-order valence-electron chi connectivity index (χ1n) is 8.58. The summed E-state index contributed by atoms with van der Waals surface area (Å²) < 4.78 is 5.73. The third kappa shape index (κ3) is 3.24. The molecule has 4 rings (SSSR count). The van der Waals surface area contributed by atoms with Gasteiger partial charge in [0.2, 0.25) is 11.8 Å². The molecule has 0 radical (unpaired) electrons. The molecule has 3 aromatic rings. The van der Waals surface area contributed by atoms with Crippen molar-refractivity contribution < 1.29 is 9.21 Å². The number of fused-ring (bicyclic) bond motifs is 1. The first-order valence-corrected chi connectivity index (χ1v) is 9.46. The molecule has 1 aliphatic rings. The summed E-state index contributed by atoms with van der Waals surface area (Å²) in [6, 6.07) is 16.0. The largest absolute Gasteiger partial charge is 0.411 e. The van der Waals surface area contributed by atoms with E-state index < -0.39 is 0 Å². The molecule has 1 amide bonds. The lowest BCUT2D eigenvalue weighted by atomic mass is 10.1. The number of para-hydroxylation sites is 1.